The number of rotatable bonds is 12. The molecule has 0 fully saturated rings. The van der Waals surface area contributed by atoms with Crippen molar-refractivity contribution in [2.24, 2.45) is 0 Å². The second kappa shape index (κ2) is 11.0. The van der Waals surface area contributed by atoms with Crippen molar-refractivity contribution >= 4 is 21.7 Å². The van der Waals surface area contributed by atoms with E-state index in [1.165, 1.54) is 23.5 Å². The Kier molecular flexibility index (Phi) is 8.64. The monoisotopic (exact) mass is 436 g/mol. The highest BCUT2D eigenvalue weighted by Gasteiger charge is 2.27. The second-order valence-electron chi connectivity index (χ2n) is 6.90. The van der Waals surface area contributed by atoms with Gasteiger partial charge in [0, 0.05) is 13.0 Å². The zero-order valence-corrected chi connectivity index (χ0v) is 17.9. The van der Waals surface area contributed by atoms with Crippen LogP contribution in [0.15, 0.2) is 53.4 Å². The van der Waals surface area contributed by atoms with Crippen LogP contribution in [0.5, 0.6) is 5.75 Å². The molecule has 0 aliphatic carbocycles. The molecule has 0 aromatic heterocycles. The van der Waals surface area contributed by atoms with Crippen LogP contribution in [-0.2, 0) is 14.8 Å². The molecule has 30 heavy (non-hydrogen) atoms. The van der Waals surface area contributed by atoms with Gasteiger partial charge in [-0.1, -0.05) is 17.7 Å². The fourth-order valence-electron chi connectivity index (χ4n) is 2.82. The highest BCUT2D eigenvalue weighted by Crippen LogP contribution is 2.26. The molecule has 164 valence electrons. The topological polar surface area (TPSA) is 116 Å². The zero-order valence-electron chi connectivity index (χ0n) is 17.1. The Hall–Kier alpha value is -2.62. The van der Waals surface area contributed by atoms with Crippen molar-refractivity contribution in [2.75, 3.05) is 31.0 Å². The molecule has 0 saturated carbocycles. The molecule has 1 atom stereocenters. The number of aliphatic carboxylic acids is 1. The van der Waals surface area contributed by atoms with Crippen LogP contribution in [0.2, 0.25) is 0 Å². The molecule has 0 radical (unpaired) electrons. The predicted octanol–water partition coefficient (Wildman–Crippen LogP) is 2.01. The molecule has 2 rings (SSSR count). The smallest absolute Gasteiger partial charge is 0.303 e. The van der Waals surface area contributed by atoms with Crippen LogP contribution in [-0.4, -0.2) is 57.4 Å². The first-order valence-corrected chi connectivity index (χ1v) is 11.0. The molecule has 0 aliphatic heterocycles. The summed E-state index contributed by atoms with van der Waals surface area (Å²) < 4.78 is 32.9. The molecule has 0 amide bonds. The van der Waals surface area contributed by atoms with Gasteiger partial charge in [-0.15, -0.1) is 0 Å². The molecule has 0 saturated heterocycles. The molecule has 0 aliphatic rings. The number of ether oxygens (including phenoxy) is 1. The minimum atomic E-state index is -3.90. The maximum absolute atomic E-state index is 13.3. The van der Waals surface area contributed by atoms with Gasteiger partial charge in [0.2, 0.25) is 0 Å². The molecule has 0 heterocycles. The highest BCUT2D eigenvalue weighted by molar-refractivity contribution is 7.92. The van der Waals surface area contributed by atoms with Crippen molar-refractivity contribution in [1.82, 2.24) is 5.32 Å². The first-order chi connectivity index (χ1) is 14.2. The van der Waals surface area contributed by atoms with Gasteiger partial charge < -0.3 is 20.3 Å². The van der Waals surface area contributed by atoms with Crippen LogP contribution in [0, 0.1) is 6.92 Å². The van der Waals surface area contributed by atoms with Gasteiger partial charge in [0.1, 0.15) is 5.75 Å². The fourth-order valence-corrected chi connectivity index (χ4v) is 4.32. The van der Waals surface area contributed by atoms with Gasteiger partial charge in [-0.2, -0.15) is 0 Å². The van der Waals surface area contributed by atoms with Crippen molar-refractivity contribution in [2.45, 2.75) is 30.8 Å². The molecule has 1 unspecified atom stereocenters. The number of nitrogens with one attached hydrogen (secondary N) is 1. The predicted molar refractivity (Wildman–Crippen MR) is 114 cm³/mol. The van der Waals surface area contributed by atoms with E-state index in [2.05, 4.69) is 5.32 Å². The van der Waals surface area contributed by atoms with Crippen LogP contribution < -0.4 is 14.4 Å². The number of aryl methyl sites for hydroxylation is 1. The number of aliphatic hydroxyl groups excluding tert-OH is 1. The molecule has 8 nitrogen and oxygen atoms in total. The number of aliphatic hydroxyl groups is 1. The minimum Gasteiger partial charge on any atom is -0.497 e. The van der Waals surface area contributed by atoms with Crippen LogP contribution in [0.25, 0.3) is 0 Å². The van der Waals surface area contributed by atoms with Gasteiger partial charge in [0.15, 0.2) is 0 Å². The summed E-state index contributed by atoms with van der Waals surface area (Å²) in [5.74, 6) is -0.292. The standard InChI is InChI=1S/C21H28N2O6S/c1-16-5-11-20(12-6-16)30(27,28)23(17-7-9-19(29-2)10-8-17)15-18(24)14-22-13-3-4-21(25)26/h5-12,18,22,24H,3-4,13-15H2,1-2H3,(H,25,26). The number of benzene rings is 2. The lowest BCUT2D eigenvalue weighted by Crippen LogP contribution is -2.41. The van der Waals surface area contributed by atoms with Crippen molar-refractivity contribution < 1.29 is 28.2 Å². The number of carboxylic acid groups (broad SMARTS) is 1. The summed E-state index contributed by atoms with van der Waals surface area (Å²) in [7, 11) is -2.38. The number of nitrogens with zero attached hydrogens (tertiary/aromatic N) is 1. The molecular weight excluding hydrogens is 408 g/mol. The van der Waals surface area contributed by atoms with E-state index in [-0.39, 0.29) is 24.4 Å². The Morgan fingerprint density at radius 3 is 2.33 bits per heavy atom. The van der Waals surface area contributed by atoms with Crippen molar-refractivity contribution in [1.29, 1.82) is 0 Å². The Bertz CT molecular complexity index is 914. The number of methoxy groups -OCH3 is 1. The van der Waals surface area contributed by atoms with Gasteiger partial charge in [0.25, 0.3) is 10.0 Å². The van der Waals surface area contributed by atoms with Crippen LogP contribution in [0.3, 0.4) is 0 Å². The SMILES string of the molecule is COc1ccc(N(CC(O)CNCCCC(=O)O)S(=O)(=O)c2ccc(C)cc2)cc1. The summed E-state index contributed by atoms with van der Waals surface area (Å²) in [5, 5.41) is 22.1. The van der Waals surface area contributed by atoms with E-state index in [1.54, 1.807) is 36.4 Å². The highest BCUT2D eigenvalue weighted by atomic mass is 32.2. The van der Waals surface area contributed by atoms with E-state index in [0.717, 1.165) is 5.56 Å². The summed E-state index contributed by atoms with van der Waals surface area (Å²) in [6, 6.07) is 13.1. The van der Waals surface area contributed by atoms with Crippen LogP contribution in [0.1, 0.15) is 18.4 Å². The summed E-state index contributed by atoms with van der Waals surface area (Å²) >= 11 is 0. The first kappa shape index (κ1) is 23.7. The number of anilines is 1. The van der Waals surface area contributed by atoms with E-state index in [4.69, 9.17) is 9.84 Å². The zero-order chi connectivity index (χ0) is 22.1. The molecule has 2 aromatic rings. The Morgan fingerprint density at radius 2 is 1.77 bits per heavy atom. The third-order valence-corrected chi connectivity index (χ3v) is 6.28. The average Bonchev–Trinajstić information content (AvgIpc) is 2.72. The van der Waals surface area contributed by atoms with Gasteiger partial charge >= 0.3 is 5.97 Å². The van der Waals surface area contributed by atoms with Crippen molar-refractivity contribution in [3.05, 3.63) is 54.1 Å². The Balaban J connectivity index is 2.18. The van der Waals surface area contributed by atoms with E-state index in [9.17, 15) is 18.3 Å². The lowest BCUT2D eigenvalue weighted by Gasteiger charge is -2.27. The number of sulfonamides is 1. The summed E-state index contributed by atoms with van der Waals surface area (Å²) in [6.07, 6.45) is -0.536. The number of carboxylic acids is 1. The summed E-state index contributed by atoms with van der Waals surface area (Å²) in [4.78, 5) is 10.7. The number of hydrogen-bond acceptors (Lipinski definition) is 6. The van der Waals surface area contributed by atoms with E-state index in [0.29, 0.717) is 24.4 Å². The van der Waals surface area contributed by atoms with Gasteiger partial charge in [0.05, 0.1) is 30.3 Å². The maximum Gasteiger partial charge on any atom is 0.303 e. The first-order valence-electron chi connectivity index (χ1n) is 9.58. The van der Waals surface area contributed by atoms with Crippen molar-refractivity contribution in [3.63, 3.8) is 0 Å². The van der Waals surface area contributed by atoms with Crippen LogP contribution in [0.4, 0.5) is 5.69 Å². The van der Waals surface area contributed by atoms with Crippen molar-refractivity contribution in [3.8, 4) is 5.75 Å². The molecule has 3 N–H and O–H groups in total. The summed E-state index contributed by atoms with van der Waals surface area (Å²) in [5.41, 5.74) is 1.34. The lowest BCUT2D eigenvalue weighted by atomic mass is 10.2. The second-order valence-corrected chi connectivity index (χ2v) is 8.76. The Labute approximate surface area is 177 Å². The third kappa shape index (κ3) is 6.72. The van der Waals surface area contributed by atoms with Gasteiger partial charge in [-0.25, -0.2) is 8.42 Å². The molecule has 0 spiro atoms. The van der Waals surface area contributed by atoms with Gasteiger partial charge in [-0.05, 0) is 56.3 Å². The van der Waals surface area contributed by atoms with E-state index < -0.39 is 22.1 Å². The Morgan fingerprint density at radius 1 is 1.13 bits per heavy atom. The minimum absolute atomic E-state index is 0.0306. The van der Waals surface area contributed by atoms with Crippen LogP contribution >= 0.6 is 0 Å². The largest absolute Gasteiger partial charge is 0.497 e. The molecule has 0 bridgehead atoms. The quantitative estimate of drug-likeness (QED) is 0.436. The maximum atomic E-state index is 13.3. The summed E-state index contributed by atoms with van der Waals surface area (Å²) in [6.45, 7) is 2.26. The van der Waals surface area contributed by atoms with Gasteiger partial charge in [-0.3, -0.25) is 9.10 Å². The average molecular weight is 437 g/mol. The lowest BCUT2D eigenvalue weighted by molar-refractivity contribution is -0.137. The number of carbonyl (C=O) groups is 1. The molecular formula is C21H28N2O6S. The number of hydrogen-bond donors (Lipinski definition) is 3. The van der Waals surface area contributed by atoms with E-state index >= 15 is 0 Å². The normalized spacial score (nSPS) is 12.4. The molecule has 2 aromatic carbocycles. The fraction of sp³-hybridized carbons (Fsp3) is 0.381. The third-order valence-electron chi connectivity index (χ3n) is 4.47. The molecule has 9 heteroatoms. The van der Waals surface area contributed by atoms with E-state index in [1.807, 2.05) is 6.92 Å².